The van der Waals surface area contributed by atoms with Crippen molar-refractivity contribution in [2.24, 2.45) is 0 Å². The monoisotopic (exact) mass is 383 g/mol. The zero-order valence-electron chi connectivity index (χ0n) is 16.1. The summed E-state index contributed by atoms with van der Waals surface area (Å²) in [5, 5.41) is 4.81. The van der Waals surface area contributed by atoms with Gasteiger partial charge in [0.15, 0.2) is 0 Å². The van der Waals surface area contributed by atoms with Gasteiger partial charge in [0.25, 0.3) is 11.6 Å². The summed E-state index contributed by atoms with van der Waals surface area (Å²) < 4.78 is 5.44. The minimum atomic E-state index is 0.0672. The minimum absolute atomic E-state index is 0.0672. The maximum absolute atomic E-state index is 13.6. The van der Waals surface area contributed by atoms with Crippen LogP contribution in [0.5, 0.6) is 0 Å². The number of thiophene rings is 1. The molecule has 0 aliphatic heterocycles. The van der Waals surface area contributed by atoms with Crippen molar-refractivity contribution in [1.82, 2.24) is 15.0 Å². The Morgan fingerprint density at radius 3 is 2.70 bits per heavy atom. The van der Waals surface area contributed by atoms with Gasteiger partial charge in [-0.1, -0.05) is 24.4 Å². The second kappa shape index (κ2) is 7.43. The van der Waals surface area contributed by atoms with E-state index in [-0.39, 0.29) is 5.91 Å². The molecule has 0 saturated heterocycles. The number of aryl methyl sites for hydroxylation is 2. The van der Waals surface area contributed by atoms with Crippen LogP contribution in [0.4, 0.5) is 0 Å². The van der Waals surface area contributed by atoms with E-state index in [1.165, 1.54) is 24.1 Å². The number of fused-ring (bicyclic) bond motifs is 1. The summed E-state index contributed by atoms with van der Waals surface area (Å²) in [6.07, 6.45) is 5.85. The van der Waals surface area contributed by atoms with Gasteiger partial charge in [-0.25, -0.2) is 4.98 Å². The molecule has 0 atom stereocenters. The van der Waals surface area contributed by atoms with Crippen LogP contribution in [-0.4, -0.2) is 33.5 Å². The average molecular weight is 384 g/mol. The van der Waals surface area contributed by atoms with Crippen molar-refractivity contribution in [3.8, 4) is 10.6 Å². The molecule has 3 aromatic heterocycles. The Kier molecular flexibility index (Phi) is 5.00. The van der Waals surface area contributed by atoms with E-state index in [0.717, 1.165) is 34.5 Å². The number of hydrogen-bond acceptors (Lipinski definition) is 5. The van der Waals surface area contributed by atoms with E-state index in [9.17, 15) is 4.79 Å². The van der Waals surface area contributed by atoms with Crippen molar-refractivity contribution >= 4 is 28.3 Å². The third-order valence-corrected chi connectivity index (χ3v) is 6.48. The largest absolute Gasteiger partial charge is 0.336 e. The van der Waals surface area contributed by atoms with Gasteiger partial charge >= 0.3 is 0 Å². The van der Waals surface area contributed by atoms with Crippen LogP contribution >= 0.6 is 11.3 Å². The molecule has 1 fully saturated rings. The van der Waals surface area contributed by atoms with Crippen LogP contribution in [0.1, 0.15) is 60.0 Å². The van der Waals surface area contributed by atoms with Crippen molar-refractivity contribution in [3.05, 3.63) is 34.3 Å². The van der Waals surface area contributed by atoms with Crippen molar-refractivity contribution < 1.29 is 9.32 Å². The summed E-state index contributed by atoms with van der Waals surface area (Å²) in [5.74, 6) is 0.0672. The van der Waals surface area contributed by atoms with Gasteiger partial charge < -0.3 is 9.42 Å². The molecule has 0 aromatic carbocycles. The molecule has 6 heteroatoms. The fourth-order valence-corrected chi connectivity index (χ4v) is 4.91. The summed E-state index contributed by atoms with van der Waals surface area (Å²) >= 11 is 1.67. The molecule has 0 unspecified atom stereocenters. The molecule has 1 aliphatic carbocycles. The first-order valence-corrected chi connectivity index (χ1v) is 10.5. The Labute approximate surface area is 163 Å². The molecular formula is C21H25N3O2S. The highest BCUT2D eigenvalue weighted by molar-refractivity contribution is 7.15. The van der Waals surface area contributed by atoms with Crippen LogP contribution in [0.25, 0.3) is 21.7 Å². The first kappa shape index (κ1) is 18.2. The smallest absolute Gasteiger partial charge is 0.259 e. The molecule has 0 radical (unpaired) electrons. The number of amides is 1. The first-order chi connectivity index (χ1) is 13.1. The predicted molar refractivity (Wildman–Crippen MR) is 108 cm³/mol. The Balaban J connectivity index is 1.80. The van der Waals surface area contributed by atoms with Crippen LogP contribution in [0.3, 0.4) is 0 Å². The Morgan fingerprint density at radius 1 is 1.26 bits per heavy atom. The third-order valence-electron chi connectivity index (χ3n) is 5.46. The summed E-state index contributed by atoms with van der Waals surface area (Å²) in [6, 6.07) is 6.36. The van der Waals surface area contributed by atoms with Crippen molar-refractivity contribution in [2.45, 2.75) is 58.9 Å². The lowest BCUT2D eigenvalue weighted by molar-refractivity contribution is 0.0650. The van der Waals surface area contributed by atoms with E-state index in [1.807, 2.05) is 24.0 Å². The molecule has 4 rings (SSSR count). The lowest BCUT2D eigenvalue weighted by Crippen LogP contribution is -2.41. The first-order valence-electron chi connectivity index (χ1n) is 9.73. The molecule has 1 saturated carbocycles. The van der Waals surface area contributed by atoms with E-state index in [4.69, 9.17) is 4.52 Å². The lowest BCUT2D eigenvalue weighted by atomic mass is 9.93. The molecule has 1 amide bonds. The molecule has 5 nitrogen and oxygen atoms in total. The maximum Gasteiger partial charge on any atom is 0.259 e. The van der Waals surface area contributed by atoms with E-state index in [2.05, 4.69) is 30.1 Å². The third kappa shape index (κ3) is 3.38. The normalized spacial score (nSPS) is 15.4. The molecule has 3 aromatic rings. The van der Waals surface area contributed by atoms with Gasteiger partial charge in [0.1, 0.15) is 0 Å². The standard InChI is InChI=1S/C21H25N3O2S/c1-4-24(15-8-6-5-7-9-15)21(25)16-12-17(18-11-10-13(2)27-18)22-20-19(16)14(3)23-26-20/h10-12,15H,4-9H2,1-3H3. The quantitative estimate of drug-likeness (QED) is 0.608. The molecule has 27 heavy (non-hydrogen) atoms. The number of carbonyl (C=O) groups excluding carboxylic acids is 1. The van der Waals surface area contributed by atoms with Gasteiger partial charge in [-0.15, -0.1) is 11.3 Å². The number of hydrogen-bond donors (Lipinski definition) is 0. The molecule has 1 aliphatic rings. The molecular weight excluding hydrogens is 358 g/mol. The summed E-state index contributed by atoms with van der Waals surface area (Å²) in [5.41, 5.74) is 2.60. The number of carbonyl (C=O) groups is 1. The second-order valence-corrected chi connectivity index (χ2v) is 8.58. The van der Waals surface area contributed by atoms with Crippen molar-refractivity contribution in [3.63, 3.8) is 0 Å². The zero-order valence-corrected chi connectivity index (χ0v) is 16.9. The fourth-order valence-electron chi connectivity index (χ4n) is 4.08. The lowest BCUT2D eigenvalue weighted by Gasteiger charge is -2.33. The van der Waals surface area contributed by atoms with Crippen LogP contribution in [0, 0.1) is 13.8 Å². The van der Waals surface area contributed by atoms with Gasteiger partial charge in [-0.2, -0.15) is 0 Å². The van der Waals surface area contributed by atoms with Gasteiger partial charge in [0.05, 0.1) is 27.2 Å². The highest BCUT2D eigenvalue weighted by atomic mass is 32.1. The van der Waals surface area contributed by atoms with Gasteiger partial charge in [0, 0.05) is 17.5 Å². The van der Waals surface area contributed by atoms with Crippen LogP contribution in [0.2, 0.25) is 0 Å². The maximum atomic E-state index is 13.6. The molecule has 0 spiro atoms. The van der Waals surface area contributed by atoms with Gasteiger partial charge in [-0.3, -0.25) is 4.79 Å². The van der Waals surface area contributed by atoms with Crippen molar-refractivity contribution in [2.75, 3.05) is 6.54 Å². The molecule has 142 valence electrons. The van der Waals surface area contributed by atoms with E-state index in [1.54, 1.807) is 11.3 Å². The average Bonchev–Trinajstić information content (AvgIpc) is 3.28. The summed E-state index contributed by atoms with van der Waals surface area (Å²) in [4.78, 5) is 22.5. The molecule has 0 N–H and O–H groups in total. The van der Waals surface area contributed by atoms with Crippen LogP contribution < -0.4 is 0 Å². The van der Waals surface area contributed by atoms with E-state index >= 15 is 0 Å². The number of pyridine rings is 1. The van der Waals surface area contributed by atoms with Crippen molar-refractivity contribution in [1.29, 1.82) is 0 Å². The minimum Gasteiger partial charge on any atom is -0.336 e. The Bertz CT molecular complexity index is 969. The Morgan fingerprint density at radius 2 is 2.04 bits per heavy atom. The summed E-state index contributed by atoms with van der Waals surface area (Å²) in [6.45, 7) is 6.72. The van der Waals surface area contributed by atoms with Gasteiger partial charge in [0.2, 0.25) is 0 Å². The molecule has 3 heterocycles. The zero-order chi connectivity index (χ0) is 19.0. The highest BCUT2D eigenvalue weighted by Gasteiger charge is 2.28. The SMILES string of the molecule is CCN(C(=O)c1cc(-c2ccc(C)s2)nc2onc(C)c12)C1CCCCC1. The number of aromatic nitrogens is 2. The topological polar surface area (TPSA) is 59.2 Å². The van der Waals surface area contributed by atoms with E-state index < -0.39 is 0 Å². The van der Waals surface area contributed by atoms with Gasteiger partial charge in [-0.05, 0) is 51.8 Å². The highest BCUT2D eigenvalue weighted by Crippen LogP contribution is 2.32. The van der Waals surface area contributed by atoms with Crippen LogP contribution in [0.15, 0.2) is 22.7 Å². The predicted octanol–water partition coefficient (Wildman–Crippen LogP) is 5.36. The number of nitrogens with zero attached hydrogens (tertiary/aromatic N) is 3. The second-order valence-electron chi connectivity index (χ2n) is 7.30. The Hall–Kier alpha value is -2.21. The van der Waals surface area contributed by atoms with Crippen LogP contribution in [-0.2, 0) is 0 Å². The fraction of sp³-hybridized carbons (Fsp3) is 0.476. The summed E-state index contributed by atoms with van der Waals surface area (Å²) in [7, 11) is 0. The van der Waals surface area contributed by atoms with E-state index in [0.29, 0.717) is 23.9 Å². The molecule has 0 bridgehead atoms. The number of rotatable bonds is 4.